The first-order valence-corrected chi connectivity index (χ1v) is 8.73. The molecule has 24 heavy (non-hydrogen) atoms. The molecule has 0 spiro atoms. The van der Waals surface area contributed by atoms with E-state index in [9.17, 15) is 18.0 Å². The fourth-order valence-corrected chi connectivity index (χ4v) is 2.81. The normalized spacial score (nSPS) is 10.6. The summed E-state index contributed by atoms with van der Waals surface area (Å²) in [5.74, 6) is -0.635. The minimum absolute atomic E-state index is 0. The number of hydrogen-bond acceptors (Lipinski definition) is 5. The first kappa shape index (κ1) is 22.3. The quantitative estimate of drug-likeness (QED) is 0.487. The maximum Gasteiger partial charge on any atom is 0.243 e. The van der Waals surface area contributed by atoms with Gasteiger partial charge in [0.15, 0.2) is 0 Å². The van der Waals surface area contributed by atoms with Gasteiger partial charge in [0.05, 0.1) is 11.4 Å². The number of nitrogens with two attached hydrogens (primary N) is 1. The first-order valence-electron chi connectivity index (χ1n) is 7.25. The highest BCUT2D eigenvalue weighted by Gasteiger charge is 2.14. The van der Waals surface area contributed by atoms with Gasteiger partial charge in [-0.15, -0.1) is 12.4 Å². The lowest BCUT2D eigenvalue weighted by Gasteiger charge is -2.09. The van der Waals surface area contributed by atoms with Crippen LogP contribution < -0.4 is 21.1 Å². The Hall–Kier alpha value is -1.68. The summed E-state index contributed by atoms with van der Waals surface area (Å²) in [6.45, 7) is 2.01. The van der Waals surface area contributed by atoms with Crippen molar-refractivity contribution in [2.75, 3.05) is 25.0 Å². The van der Waals surface area contributed by atoms with E-state index < -0.39 is 15.9 Å². The standard InChI is InChI=1S/C14H22N4O4S.ClH/c1-2-4-13(19)16-10-14(20)18-11-5-3-6-12(9-11)23(21,22)17-8-7-15;/h3,5-6,9,17H,2,4,7-8,10,15H2,1H3,(H,16,19)(H,18,20);1H. The van der Waals surface area contributed by atoms with Gasteiger partial charge in [0, 0.05) is 25.2 Å². The van der Waals surface area contributed by atoms with E-state index in [4.69, 9.17) is 5.73 Å². The maximum absolute atomic E-state index is 12.0. The van der Waals surface area contributed by atoms with Gasteiger partial charge in [-0.3, -0.25) is 9.59 Å². The summed E-state index contributed by atoms with van der Waals surface area (Å²) in [5, 5.41) is 5.02. The molecule has 5 N–H and O–H groups in total. The molecule has 0 atom stereocenters. The summed E-state index contributed by atoms with van der Waals surface area (Å²) in [4.78, 5) is 23.1. The van der Waals surface area contributed by atoms with Crippen LogP contribution in [0, 0.1) is 0 Å². The van der Waals surface area contributed by atoms with Gasteiger partial charge in [0.2, 0.25) is 21.8 Å². The molecule has 0 aliphatic rings. The second kappa shape index (κ2) is 11.0. The fourth-order valence-electron chi connectivity index (χ4n) is 1.72. The van der Waals surface area contributed by atoms with Crippen molar-refractivity contribution in [3.63, 3.8) is 0 Å². The van der Waals surface area contributed by atoms with Crippen LogP contribution in [-0.4, -0.2) is 39.9 Å². The number of anilines is 1. The van der Waals surface area contributed by atoms with Crippen molar-refractivity contribution in [1.82, 2.24) is 10.0 Å². The Morgan fingerprint density at radius 3 is 2.54 bits per heavy atom. The third-order valence-corrected chi connectivity index (χ3v) is 4.25. The molecule has 8 nitrogen and oxygen atoms in total. The van der Waals surface area contributed by atoms with Crippen LogP contribution in [0.4, 0.5) is 5.69 Å². The zero-order chi connectivity index (χ0) is 17.3. The van der Waals surface area contributed by atoms with Crippen molar-refractivity contribution >= 4 is 39.9 Å². The first-order chi connectivity index (χ1) is 10.9. The SMILES string of the molecule is CCCC(=O)NCC(=O)Nc1cccc(S(=O)(=O)NCCN)c1.Cl. The maximum atomic E-state index is 12.0. The summed E-state index contributed by atoms with van der Waals surface area (Å²) in [6.07, 6.45) is 1.05. The largest absolute Gasteiger partial charge is 0.347 e. The Morgan fingerprint density at radius 2 is 1.92 bits per heavy atom. The number of carbonyl (C=O) groups excluding carboxylic acids is 2. The van der Waals surface area contributed by atoms with Gasteiger partial charge >= 0.3 is 0 Å². The van der Waals surface area contributed by atoms with E-state index in [0.717, 1.165) is 0 Å². The van der Waals surface area contributed by atoms with E-state index in [1.54, 1.807) is 6.07 Å². The highest BCUT2D eigenvalue weighted by molar-refractivity contribution is 7.89. The monoisotopic (exact) mass is 378 g/mol. The second-order valence-corrected chi connectivity index (χ2v) is 6.56. The van der Waals surface area contributed by atoms with Gasteiger partial charge in [0.25, 0.3) is 0 Å². The van der Waals surface area contributed by atoms with Crippen molar-refractivity contribution in [1.29, 1.82) is 0 Å². The van der Waals surface area contributed by atoms with E-state index in [-0.39, 0.29) is 42.8 Å². The molecule has 2 amide bonds. The number of hydrogen-bond donors (Lipinski definition) is 4. The summed E-state index contributed by atoms with van der Waals surface area (Å²) in [6, 6.07) is 5.83. The third-order valence-electron chi connectivity index (χ3n) is 2.79. The number of amides is 2. The molecule has 0 heterocycles. The molecule has 0 radical (unpaired) electrons. The van der Waals surface area contributed by atoms with Crippen molar-refractivity contribution in [3.05, 3.63) is 24.3 Å². The fraction of sp³-hybridized carbons (Fsp3) is 0.429. The van der Waals surface area contributed by atoms with E-state index in [1.807, 2.05) is 6.92 Å². The number of nitrogens with one attached hydrogen (secondary N) is 3. The van der Waals surface area contributed by atoms with Crippen LogP contribution in [-0.2, 0) is 19.6 Å². The zero-order valence-electron chi connectivity index (χ0n) is 13.4. The lowest BCUT2D eigenvalue weighted by atomic mass is 10.3. The molecule has 0 saturated carbocycles. The third kappa shape index (κ3) is 7.73. The molecule has 136 valence electrons. The average molecular weight is 379 g/mol. The molecule has 0 unspecified atom stereocenters. The van der Waals surface area contributed by atoms with Gasteiger partial charge in [-0.25, -0.2) is 13.1 Å². The Bertz CT molecular complexity index is 652. The molecule has 1 rings (SSSR count). The number of sulfonamides is 1. The average Bonchev–Trinajstić information content (AvgIpc) is 2.51. The van der Waals surface area contributed by atoms with Crippen LogP contribution in [0.1, 0.15) is 19.8 Å². The zero-order valence-corrected chi connectivity index (χ0v) is 15.0. The number of benzene rings is 1. The van der Waals surface area contributed by atoms with Crippen LogP contribution in [0.2, 0.25) is 0 Å². The number of carbonyl (C=O) groups is 2. The van der Waals surface area contributed by atoms with Gasteiger partial charge in [-0.05, 0) is 24.6 Å². The van der Waals surface area contributed by atoms with Gasteiger partial charge in [0.1, 0.15) is 0 Å². The van der Waals surface area contributed by atoms with Gasteiger partial charge in [-0.2, -0.15) is 0 Å². The van der Waals surface area contributed by atoms with Crippen molar-refractivity contribution in [2.24, 2.45) is 5.73 Å². The van der Waals surface area contributed by atoms with E-state index in [0.29, 0.717) is 18.5 Å². The molecule has 0 fully saturated rings. The van der Waals surface area contributed by atoms with Crippen molar-refractivity contribution in [3.8, 4) is 0 Å². The Morgan fingerprint density at radius 1 is 1.21 bits per heavy atom. The molecule has 1 aromatic rings. The predicted molar refractivity (Wildman–Crippen MR) is 94.5 cm³/mol. The molecule has 0 aliphatic heterocycles. The molecular formula is C14H23ClN4O4S. The van der Waals surface area contributed by atoms with E-state index in [1.165, 1.54) is 18.2 Å². The topological polar surface area (TPSA) is 130 Å². The van der Waals surface area contributed by atoms with Crippen molar-refractivity contribution in [2.45, 2.75) is 24.7 Å². The van der Waals surface area contributed by atoms with Gasteiger partial charge < -0.3 is 16.4 Å². The summed E-state index contributed by atoms with van der Waals surface area (Å²) >= 11 is 0. The lowest BCUT2D eigenvalue weighted by molar-refractivity contribution is -0.124. The highest BCUT2D eigenvalue weighted by Crippen LogP contribution is 2.15. The predicted octanol–water partition coefficient (Wildman–Crippen LogP) is 0.200. The van der Waals surface area contributed by atoms with Crippen LogP contribution in [0.15, 0.2) is 29.2 Å². The molecule has 0 bridgehead atoms. The molecule has 0 aromatic heterocycles. The molecular weight excluding hydrogens is 356 g/mol. The summed E-state index contributed by atoms with van der Waals surface area (Å²) < 4.78 is 26.3. The lowest BCUT2D eigenvalue weighted by Crippen LogP contribution is -2.32. The molecule has 0 aliphatic carbocycles. The molecule has 10 heteroatoms. The number of rotatable bonds is 9. The second-order valence-electron chi connectivity index (χ2n) is 4.79. The summed E-state index contributed by atoms with van der Waals surface area (Å²) in [5.41, 5.74) is 5.60. The molecule has 1 aromatic carbocycles. The van der Waals surface area contributed by atoms with E-state index >= 15 is 0 Å². The smallest absolute Gasteiger partial charge is 0.243 e. The van der Waals surface area contributed by atoms with Crippen LogP contribution in [0.25, 0.3) is 0 Å². The molecule has 0 saturated heterocycles. The van der Waals surface area contributed by atoms with Crippen molar-refractivity contribution < 1.29 is 18.0 Å². The van der Waals surface area contributed by atoms with Gasteiger partial charge in [-0.1, -0.05) is 13.0 Å². The highest BCUT2D eigenvalue weighted by atomic mass is 35.5. The van der Waals surface area contributed by atoms with Crippen LogP contribution >= 0.6 is 12.4 Å². The van der Waals surface area contributed by atoms with Crippen LogP contribution in [0.3, 0.4) is 0 Å². The Balaban J connectivity index is 0.00000529. The number of halogens is 1. The van der Waals surface area contributed by atoms with Crippen LogP contribution in [0.5, 0.6) is 0 Å². The minimum Gasteiger partial charge on any atom is -0.347 e. The Kier molecular flexibility index (Phi) is 10.2. The summed E-state index contributed by atoms with van der Waals surface area (Å²) in [7, 11) is -3.66. The Labute approximate surface area is 148 Å². The van der Waals surface area contributed by atoms with E-state index in [2.05, 4.69) is 15.4 Å². The minimum atomic E-state index is -3.66.